The SMILES string of the molecule is O=C(O)[C@@H]1C[C@H]2C[C@@H](CSc3nn[nH]n3)CC[C@H]2CN1. The highest BCUT2D eigenvalue weighted by Crippen LogP contribution is 2.40. The van der Waals surface area contributed by atoms with Crippen LogP contribution in [0.4, 0.5) is 0 Å². The van der Waals surface area contributed by atoms with Crippen molar-refractivity contribution < 1.29 is 9.90 Å². The van der Waals surface area contributed by atoms with Crippen LogP contribution in [0.25, 0.3) is 0 Å². The Bertz CT molecular complexity index is 455. The van der Waals surface area contributed by atoms with Crippen LogP contribution < -0.4 is 5.32 Å². The lowest BCUT2D eigenvalue weighted by Gasteiger charge is -2.41. The van der Waals surface area contributed by atoms with E-state index < -0.39 is 5.97 Å². The van der Waals surface area contributed by atoms with E-state index in [4.69, 9.17) is 5.11 Å². The number of aliphatic carboxylic acids is 1. The summed E-state index contributed by atoms with van der Waals surface area (Å²) in [5, 5.41) is 26.9. The second-order valence-corrected chi connectivity index (χ2v) is 6.73. The van der Waals surface area contributed by atoms with Gasteiger partial charge in [0.15, 0.2) is 0 Å². The van der Waals surface area contributed by atoms with Crippen LogP contribution >= 0.6 is 11.8 Å². The quantitative estimate of drug-likeness (QED) is 0.705. The number of thioether (sulfide) groups is 1. The van der Waals surface area contributed by atoms with E-state index in [-0.39, 0.29) is 6.04 Å². The molecule has 110 valence electrons. The van der Waals surface area contributed by atoms with Gasteiger partial charge in [-0.15, -0.1) is 10.2 Å². The number of nitrogens with zero attached hydrogens (tertiary/aromatic N) is 3. The highest BCUT2D eigenvalue weighted by atomic mass is 32.2. The molecule has 2 fully saturated rings. The number of nitrogens with one attached hydrogen (secondary N) is 2. The first kappa shape index (κ1) is 13.8. The van der Waals surface area contributed by atoms with E-state index >= 15 is 0 Å². The summed E-state index contributed by atoms with van der Waals surface area (Å²) in [6.45, 7) is 0.854. The molecule has 2 heterocycles. The van der Waals surface area contributed by atoms with E-state index in [9.17, 15) is 4.79 Å². The molecule has 3 N–H and O–H groups in total. The molecule has 0 spiro atoms. The van der Waals surface area contributed by atoms with Gasteiger partial charge in [-0.25, -0.2) is 0 Å². The summed E-state index contributed by atoms with van der Waals surface area (Å²) in [6, 6.07) is -0.361. The van der Waals surface area contributed by atoms with E-state index in [1.807, 2.05) is 0 Å². The molecule has 0 bridgehead atoms. The second-order valence-electron chi connectivity index (χ2n) is 5.74. The molecule has 2 aliphatic rings. The third-order valence-electron chi connectivity index (χ3n) is 4.49. The molecule has 0 radical (unpaired) electrons. The molecular formula is C12H19N5O2S. The average Bonchev–Trinajstić information content (AvgIpc) is 2.97. The lowest BCUT2D eigenvalue weighted by molar-refractivity contribution is -0.141. The number of fused-ring (bicyclic) bond motifs is 1. The van der Waals surface area contributed by atoms with Crippen LogP contribution in [-0.4, -0.2) is 50.0 Å². The van der Waals surface area contributed by atoms with Crippen molar-refractivity contribution in [2.75, 3.05) is 12.3 Å². The number of H-pyrrole nitrogens is 1. The number of piperidine rings is 1. The molecule has 1 aliphatic heterocycles. The van der Waals surface area contributed by atoms with Gasteiger partial charge in [0.25, 0.3) is 0 Å². The zero-order chi connectivity index (χ0) is 13.9. The molecule has 7 nitrogen and oxygen atoms in total. The van der Waals surface area contributed by atoms with Gasteiger partial charge in [0, 0.05) is 5.75 Å². The summed E-state index contributed by atoms with van der Waals surface area (Å²) < 4.78 is 0. The van der Waals surface area contributed by atoms with Crippen molar-refractivity contribution in [1.29, 1.82) is 0 Å². The van der Waals surface area contributed by atoms with Crippen molar-refractivity contribution in [3.8, 4) is 0 Å². The standard InChI is InChI=1S/C12H19N5O2S/c18-11(19)10-4-9-3-7(1-2-8(9)5-13-10)6-20-12-14-16-17-15-12/h7-10,13H,1-6H2,(H,18,19)(H,14,15,16,17)/t7-,8-,9+,10-/m0/s1. The van der Waals surface area contributed by atoms with E-state index in [0.29, 0.717) is 22.9 Å². The van der Waals surface area contributed by atoms with Gasteiger partial charge in [-0.05, 0) is 55.2 Å². The van der Waals surface area contributed by atoms with Crippen molar-refractivity contribution in [2.45, 2.75) is 36.9 Å². The zero-order valence-electron chi connectivity index (χ0n) is 11.2. The topological polar surface area (TPSA) is 104 Å². The summed E-state index contributed by atoms with van der Waals surface area (Å²) in [7, 11) is 0. The highest BCUT2D eigenvalue weighted by Gasteiger charge is 2.37. The molecule has 4 atom stereocenters. The Hall–Kier alpha value is -1.15. The molecule has 1 aliphatic carbocycles. The first-order chi connectivity index (χ1) is 9.72. The van der Waals surface area contributed by atoms with Crippen LogP contribution in [0.15, 0.2) is 5.16 Å². The third-order valence-corrected chi connectivity index (χ3v) is 5.55. The predicted octanol–water partition coefficient (Wildman–Crippen LogP) is 0.771. The summed E-state index contributed by atoms with van der Waals surface area (Å²) in [5.74, 6) is 2.10. The third kappa shape index (κ3) is 3.12. The minimum absolute atomic E-state index is 0.361. The van der Waals surface area contributed by atoms with E-state index in [0.717, 1.165) is 25.1 Å². The van der Waals surface area contributed by atoms with Gasteiger partial charge in [-0.1, -0.05) is 11.8 Å². The molecule has 8 heteroatoms. The Morgan fingerprint density at radius 2 is 2.25 bits per heavy atom. The molecule has 0 aromatic carbocycles. The van der Waals surface area contributed by atoms with Gasteiger partial charge in [-0.3, -0.25) is 4.79 Å². The van der Waals surface area contributed by atoms with Gasteiger partial charge >= 0.3 is 5.97 Å². The van der Waals surface area contributed by atoms with Crippen LogP contribution in [0, 0.1) is 17.8 Å². The average molecular weight is 297 g/mol. The van der Waals surface area contributed by atoms with Crippen LogP contribution in [0.2, 0.25) is 0 Å². The molecule has 0 unspecified atom stereocenters. The van der Waals surface area contributed by atoms with E-state index in [1.54, 1.807) is 11.8 Å². The van der Waals surface area contributed by atoms with Crippen LogP contribution in [0.1, 0.15) is 25.7 Å². The van der Waals surface area contributed by atoms with Crippen molar-refractivity contribution in [3.05, 3.63) is 0 Å². The summed E-state index contributed by atoms with van der Waals surface area (Å²) in [6.07, 6.45) is 4.30. The summed E-state index contributed by atoms with van der Waals surface area (Å²) >= 11 is 1.63. The minimum atomic E-state index is -0.716. The zero-order valence-corrected chi connectivity index (χ0v) is 12.0. The monoisotopic (exact) mass is 297 g/mol. The molecule has 3 rings (SSSR count). The Morgan fingerprint density at radius 3 is 3.00 bits per heavy atom. The van der Waals surface area contributed by atoms with Gasteiger partial charge in [0.2, 0.25) is 5.16 Å². The number of rotatable bonds is 4. The molecule has 1 saturated heterocycles. The van der Waals surface area contributed by atoms with Gasteiger partial charge < -0.3 is 10.4 Å². The number of carboxylic acid groups (broad SMARTS) is 1. The van der Waals surface area contributed by atoms with E-state index in [1.165, 1.54) is 12.8 Å². The fourth-order valence-electron chi connectivity index (χ4n) is 3.41. The van der Waals surface area contributed by atoms with Crippen molar-refractivity contribution in [3.63, 3.8) is 0 Å². The fraction of sp³-hybridized carbons (Fsp3) is 0.833. The minimum Gasteiger partial charge on any atom is -0.480 e. The highest BCUT2D eigenvalue weighted by molar-refractivity contribution is 7.99. The Kier molecular flexibility index (Phi) is 4.21. The maximum atomic E-state index is 11.1. The van der Waals surface area contributed by atoms with Crippen LogP contribution in [-0.2, 0) is 4.79 Å². The van der Waals surface area contributed by atoms with Crippen molar-refractivity contribution in [2.24, 2.45) is 17.8 Å². The number of tetrazole rings is 1. The van der Waals surface area contributed by atoms with Crippen LogP contribution in [0.5, 0.6) is 0 Å². The number of aromatic nitrogens is 4. The first-order valence-electron chi connectivity index (χ1n) is 7.05. The Labute approximate surface area is 121 Å². The number of carbonyl (C=O) groups is 1. The first-order valence-corrected chi connectivity index (χ1v) is 8.03. The van der Waals surface area contributed by atoms with Gasteiger partial charge in [-0.2, -0.15) is 5.21 Å². The molecule has 1 saturated carbocycles. The van der Waals surface area contributed by atoms with Gasteiger partial charge in [0.1, 0.15) is 6.04 Å². The maximum Gasteiger partial charge on any atom is 0.320 e. The molecule has 0 amide bonds. The summed E-state index contributed by atoms with van der Waals surface area (Å²) in [4.78, 5) is 11.1. The molecule has 1 aromatic heterocycles. The Balaban J connectivity index is 1.52. The number of carboxylic acids is 1. The molecule has 1 aromatic rings. The maximum absolute atomic E-state index is 11.1. The lowest BCUT2D eigenvalue weighted by atomic mass is 9.70. The summed E-state index contributed by atoms with van der Waals surface area (Å²) in [5.41, 5.74) is 0. The fourth-order valence-corrected chi connectivity index (χ4v) is 4.30. The Morgan fingerprint density at radius 1 is 1.35 bits per heavy atom. The van der Waals surface area contributed by atoms with Crippen molar-refractivity contribution >= 4 is 17.7 Å². The number of hydrogen-bond donors (Lipinski definition) is 3. The van der Waals surface area contributed by atoms with Crippen LogP contribution in [0.3, 0.4) is 0 Å². The molecular weight excluding hydrogens is 278 g/mol. The molecule has 20 heavy (non-hydrogen) atoms. The largest absolute Gasteiger partial charge is 0.480 e. The number of aromatic amines is 1. The predicted molar refractivity (Wildman–Crippen MR) is 73.3 cm³/mol. The van der Waals surface area contributed by atoms with Crippen molar-refractivity contribution in [1.82, 2.24) is 25.9 Å². The van der Waals surface area contributed by atoms with E-state index in [2.05, 4.69) is 25.9 Å². The normalized spacial score (nSPS) is 33.6. The van der Waals surface area contributed by atoms with Gasteiger partial charge in [0.05, 0.1) is 0 Å². The second kappa shape index (κ2) is 6.09. The number of hydrogen-bond acceptors (Lipinski definition) is 6. The smallest absolute Gasteiger partial charge is 0.320 e. The lowest BCUT2D eigenvalue weighted by Crippen LogP contribution is -2.49.